The Labute approximate surface area is 229 Å². The Morgan fingerprint density at radius 1 is 1.03 bits per heavy atom. The zero-order valence-electron chi connectivity index (χ0n) is 24.2. The summed E-state index contributed by atoms with van der Waals surface area (Å²) in [6.07, 6.45) is 3.67. The van der Waals surface area contributed by atoms with E-state index in [-0.39, 0.29) is 40.7 Å². The first kappa shape index (κ1) is 29.9. The van der Waals surface area contributed by atoms with Crippen LogP contribution in [0.3, 0.4) is 0 Å². The maximum absolute atomic E-state index is 13.8. The quantitative estimate of drug-likeness (QED) is 0.408. The number of nitrogens with zero attached hydrogens (tertiary/aromatic N) is 2. The lowest BCUT2D eigenvalue weighted by atomic mass is 9.78. The van der Waals surface area contributed by atoms with E-state index < -0.39 is 10.0 Å². The van der Waals surface area contributed by atoms with Crippen molar-refractivity contribution in [1.82, 2.24) is 4.90 Å². The van der Waals surface area contributed by atoms with Crippen LogP contribution in [-0.4, -0.2) is 49.4 Å². The second-order valence-corrected chi connectivity index (χ2v) is 14.4. The largest absolute Gasteiger partial charge is 0.507 e. The molecule has 0 bridgehead atoms. The summed E-state index contributed by atoms with van der Waals surface area (Å²) in [5.74, 6) is 0.707. The minimum absolute atomic E-state index is 0.0395. The normalized spacial score (nSPS) is 19.8. The monoisotopic (exact) mass is 540 g/mol. The molecule has 0 aromatic heterocycles. The first-order valence-electron chi connectivity index (χ1n) is 13.5. The minimum Gasteiger partial charge on any atom is -0.507 e. The van der Waals surface area contributed by atoms with Gasteiger partial charge in [0.25, 0.3) is 10.0 Å². The number of phenolic OH excluding ortho intramolecular Hbond substituents is 1. The number of hydrogen-bond acceptors (Lipinski definition) is 4. The van der Waals surface area contributed by atoms with Gasteiger partial charge in [0.15, 0.2) is 5.78 Å². The highest BCUT2D eigenvalue weighted by atomic mass is 32.2. The molecule has 0 unspecified atom stereocenters. The number of hydrogen-bond donors (Lipinski definition) is 1. The van der Waals surface area contributed by atoms with E-state index in [0.717, 1.165) is 35.8 Å². The van der Waals surface area contributed by atoms with Gasteiger partial charge in [-0.15, -0.1) is 0 Å². The second-order valence-electron chi connectivity index (χ2n) is 12.8. The van der Waals surface area contributed by atoms with Crippen molar-refractivity contribution in [2.24, 2.45) is 16.2 Å². The number of amidine groups is 1. The molecule has 0 spiro atoms. The number of benzene rings is 2. The molecule has 2 aromatic carbocycles. The van der Waals surface area contributed by atoms with Gasteiger partial charge in [-0.25, -0.2) is 8.42 Å². The van der Waals surface area contributed by atoms with E-state index in [4.69, 9.17) is 0 Å². The van der Waals surface area contributed by atoms with Crippen molar-refractivity contribution in [2.75, 3.05) is 19.3 Å². The van der Waals surface area contributed by atoms with Crippen molar-refractivity contribution in [1.29, 1.82) is 0 Å². The Kier molecular flexibility index (Phi) is 8.81. The van der Waals surface area contributed by atoms with Crippen molar-refractivity contribution in [3.05, 3.63) is 64.7 Å². The fourth-order valence-corrected chi connectivity index (χ4v) is 5.97. The Morgan fingerprint density at radius 2 is 1.58 bits per heavy atom. The molecule has 1 N–H and O–H groups in total. The van der Waals surface area contributed by atoms with E-state index in [1.165, 1.54) is 0 Å². The maximum atomic E-state index is 13.8. The van der Waals surface area contributed by atoms with Crippen molar-refractivity contribution in [3.63, 3.8) is 0 Å². The minimum atomic E-state index is -3.66. The van der Waals surface area contributed by atoms with E-state index in [1.54, 1.807) is 12.1 Å². The fraction of sp³-hybridized carbons (Fsp3) is 0.548. The molecule has 0 saturated carbocycles. The summed E-state index contributed by atoms with van der Waals surface area (Å²) < 4.78 is 28.9. The molecule has 0 radical (unpaired) electrons. The van der Waals surface area contributed by atoms with Crippen LogP contribution in [0, 0.1) is 11.8 Å². The summed E-state index contributed by atoms with van der Waals surface area (Å²) in [5.41, 5.74) is 2.38. The summed E-state index contributed by atoms with van der Waals surface area (Å²) in [7, 11) is -3.66. The van der Waals surface area contributed by atoms with E-state index in [0.29, 0.717) is 24.4 Å². The summed E-state index contributed by atoms with van der Waals surface area (Å²) in [5, 5.41) is 11.1. The van der Waals surface area contributed by atoms with Crippen LogP contribution in [0.25, 0.3) is 0 Å². The number of carbonyl (C=O) groups excluding carboxylic acids is 1. The molecule has 2 atom stereocenters. The molecular formula is C31H44N2O4S. The maximum Gasteiger partial charge on any atom is 0.251 e. The standard InChI is InChI=1S/C31H44N2O4S/c1-9-13-22-19-33(29(32-38(8,36)37)24(22)16-21-14-11-10-12-15-21)20-27(34)23-17-25(30(2,3)4)28(35)26(18-23)31(5,6)7/h10-12,14-15,17-18,22,24,35H,9,13,16,19-20H2,1-8H3/t22-,24+/m0/s1. The van der Waals surface area contributed by atoms with Gasteiger partial charge in [0.1, 0.15) is 11.6 Å². The number of aromatic hydroxyl groups is 1. The van der Waals surface area contributed by atoms with Gasteiger partial charge in [-0.3, -0.25) is 4.79 Å². The van der Waals surface area contributed by atoms with Gasteiger partial charge in [0.05, 0.1) is 12.8 Å². The number of Topliss-reactive ketones (excluding diaryl/α,β-unsaturated/α-hetero) is 1. The molecule has 1 aliphatic heterocycles. The van der Waals surface area contributed by atoms with E-state index in [2.05, 4.69) is 11.3 Å². The molecule has 3 rings (SSSR count). The molecule has 1 fully saturated rings. The molecule has 0 amide bonds. The van der Waals surface area contributed by atoms with E-state index >= 15 is 0 Å². The third-order valence-electron chi connectivity index (χ3n) is 7.28. The Morgan fingerprint density at radius 3 is 2.05 bits per heavy atom. The number of sulfonamides is 1. The lowest BCUT2D eigenvalue weighted by Crippen LogP contribution is -2.34. The van der Waals surface area contributed by atoms with Crippen LogP contribution in [-0.2, 0) is 27.3 Å². The first-order chi connectivity index (χ1) is 17.5. The molecule has 2 aromatic rings. The highest BCUT2D eigenvalue weighted by Crippen LogP contribution is 2.40. The lowest BCUT2D eigenvalue weighted by Gasteiger charge is -2.28. The molecule has 6 nitrogen and oxygen atoms in total. The zero-order chi connectivity index (χ0) is 28.5. The van der Waals surface area contributed by atoms with E-state index in [1.807, 2.05) is 76.8 Å². The van der Waals surface area contributed by atoms with Crippen LogP contribution in [0.15, 0.2) is 46.9 Å². The summed E-state index contributed by atoms with van der Waals surface area (Å²) >= 11 is 0. The molecule has 1 heterocycles. The van der Waals surface area contributed by atoms with Crippen LogP contribution in [0.4, 0.5) is 0 Å². The molecule has 1 saturated heterocycles. The topological polar surface area (TPSA) is 87.0 Å². The smallest absolute Gasteiger partial charge is 0.251 e. The van der Waals surface area contributed by atoms with Crippen molar-refractivity contribution in [2.45, 2.75) is 78.6 Å². The second kappa shape index (κ2) is 11.2. The van der Waals surface area contributed by atoms with Gasteiger partial charge in [-0.2, -0.15) is 4.40 Å². The first-order valence-corrected chi connectivity index (χ1v) is 15.4. The number of carbonyl (C=O) groups is 1. The molecule has 7 heteroatoms. The predicted molar refractivity (Wildman–Crippen MR) is 156 cm³/mol. The number of phenols is 1. The van der Waals surface area contributed by atoms with E-state index in [9.17, 15) is 18.3 Å². The Hall–Kier alpha value is -2.67. The summed E-state index contributed by atoms with van der Waals surface area (Å²) in [4.78, 5) is 15.7. The average Bonchev–Trinajstić information content (AvgIpc) is 3.07. The zero-order valence-corrected chi connectivity index (χ0v) is 25.0. The molecule has 38 heavy (non-hydrogen) atoms. The Balaban J connectivity index is 2.04. The highest BCUT2D eigenvalue weighted by Gasteiger charge is 2.40. The summed E-state index contributed by atoms with van der Waals surface area (Å²) in [6.45, 7) is 14.9. The van der Waals surface area contributed by atoms with Crippen LogP contribution in [0.2, 0.25) is 0 Å². The third kappa shape index (κ3) is 7.25. The van der Waals surface area contributed by atoms with Crippen LogP contribution in [0.5, 0.6) is 5.75 Å². The van der Waals surface area contributed by atoms with Gasteiger partial charge < -0.3 is 10.0 Å². The lowest BCUT2D eigenvalue weighted by molar-refractivity contribution is 0.0963. The van der Waals surface area contributed by atoms with Crippen molar-refractivity contribution < 1.29 is 18.3 Å². The fourth-order valence-electron chi connectivity index (χ4n) is 5.38. The third-order valence-corrected chi connectivity index (χ3v) is 7.80. The van der Waals surface area contributed by atoms with Crippen LogP contribution >= 0.6 is 0 Å². The number of rotatable bonds is 8. The van der Waals surface area contributed by atoms with Crippen LogP contribution < -0.4 is 0 Å². The SMILES string of the molecule is CCC[C@H]1CN(CC(=O)c2cc(C(C)(C)C)c(O)c(C(C)(C)C)c2)C(=NS(C)(=O)=O)[C@@H]1Cc1ccccc1. The van der Waals surface area contributed by atoms with Gasteiger partial charge in [-0.05, 0) is 47.3 Å². The Bertz CT molecular complexity index is 1250. The molecule has 208 valence electrons. The van der Waals surface area contributed by atoms with Crippen molar-refractivity contribution in [3.8, 4) is 5.75 Å². The molecule has 1 aliphatic rings. The average molecular weight is 541 g/mol. The van der Waals surface area contributed by atoms with Gasteiger partial charge >= 0.3 is 0 Å². The molecular weight excluding hydrogens is 496 g/mol. The van der Waals surface area contributed by atoms with Gasteiger partial charge in [-0.1, -0.05) is 85.2 Å². The predicted octanol–water partition coefficient (Wildman–Crippen LogP) is 6.12. The van der Waals surface area contributed by atoms with Crippen LogP contribution in [0.1, 0.15) is 88.4 Å². The number of ketones is 1. The van der Waals surface area contributed by atoms with Gasteiger partial charge in [0, 0.05) is 29.2 Å². The summed E-state index contributed by atoms with van der Waals surface area (Å²) in [6, 6.07) is 13.6. The van der Waals surface area contributed by atoms with Gasteiger partial charge in [0.2, 0.25) is 0 Å². The molecule has 0 aliphatic carbocycles. The number of likely N-dealkylation sites (tertiary alicyclic amines) is 1. The highest BCUT2D eigenvalue weighted by molar-refractivity contribution is 7.89. The van der Waals surface area contributed by atoms with Crippen molar-refractivity contribution >= 4 is 21.6 Å².